The second-order valence-corrected chi connectivity index (χ2v) is 8.88. The second-order valence-electron chi connectivity index (χ2n) is 6.61. The van der Waals surface area contributed by atoms with Crippen molar-refractivity contribution in [2.75, 3.05) is 23.0 Å². The van der Waals surface area contributed by atoms with Crippen LogP contribution in [0.1, 0.15) is 24.5 Å². The van der Waals surface area contributed by atoms with Gasteiger partial charge in [0, 0.05) is 5.69 Å². The van der Waals surface area contributed by atoms with E-state index in [0.717, 1.165) is 21.7 Å². The van der Waals surface area contributed by atoms with Gasteiger partial charge in [-0.1, -0.05) is 30.7 Å². The molecule has 0 radical (unpaired) electrons. The topological polar surface area (TPSA) is 75.7 Å². The third-order valence-corrected chi connectivity index (χ3v) is 5.85. The van der Waals surface area contributed by atoms with E-state index in [1.807, 2.05) is 32.0 Å². The van der Waals surface area contributed by atoms with E-state index in [4.69, 9.17) is 16.3 Å². The molecule has 0 saturated heterocycles. The van der Waals surface area contributed by atoms with Gasteiger partial charge in [0.15, 0.2) is 0 Å². The Bertz CT molecular complexity index is 976. The predicted molar refractivity (Wildman–Crippen MR) is 114 cm³/mol. The molecule has 1 amide bonds. The average molecular weight is 425 g/mol. The maximum Gasteiger partial charge on any atom is 0.248 e. The molecule has 2 rings (SSSR count). The number of halogens is 1. The van der Waals surface area contributed by atoms with Gasteiger partial charge in [0.2, 0.25) is 15.9 Å². The summed E-state index contributed by atoms with van der Waals surface area (Å²) in [6.45, 7) is 5.57. The number of anilines is 2. The van der Waals surface area contributed by atoms with E-state index in [9.17, 15) is 13.2 Å². The third kappa shape index (κ3) is 4.97. The maximum atomic E-state index is 13.0. The zero-order valence-corrected chi connectivity index (χ0v) is 18.2. The van der Waals surface area contributed by atoms with Crippen molar-refractivity contribution in [3.63, 3.8) is 0 Å². The number of carbonyl (C=O) groups is 1. The molecule has 152 valence electrons. The van der Waals surface area contributed by atoms with Gasteiger partial charge in [0.1, 0.15) is 11.8 Å². The van der Waals surface area contributed by atoms with E-state index in [2.05, 4.69) is 5.32 Å². The lowest BCUT2D eigenvalue weighted by molar-refractivity contribution is -0.117. The molecular formula is C20H25ClN2O4S. The molecule has 28 heavy (non-hydrogen) atoms. The van der Waals surface area contributed by atoms with Crippen LogP contribution >= 0.6 is 11.6 Å². The first-order chi connectivity index (χ1) is 13.1. The summed E-state index contributed by atoms with van der Waals surface area (Å²) >= 11 is 6.17. The van der Waals surface area contributed by atoms with Crippen LogP contribution in [0.25, 0.3) is 0 Å². The lowest BCUT2D eigenvalue weighted by Gasteiger charge is -2.30. The summed E-state index contributed by atoms with van der Waals surface area (Å²) in [5.74, 6) is 0.0142. The first-order valence-corrected chi connectivity index (χ1v) is 11.0. The highest BCUT2D eigenvalue weighted by Crippen LogP contribution is 2.32. The fourth-order valence-corrected chi connectivity index (χ4v) is 4.39. The molecule has 0 aliphatic carbocycles. The Morgan fingerprint density at radius 1 is 1.21 bits per heavy atom. The highest BCUT2D eigenvalue weighted by atomic mass is 35.5. The third-order valence-electron chi connectivity index (χ3n) is 4.37. The summed E-state index contributed by atoms with van der Waals surface area (Å²) in [6, 6.07) is 9.41. The van der Waals surface area contributed by atoms with Gasteiger partial charge < -0.3 is 10.1 Å². The van der Waals surface area contributed by atoms with Crippen LogP contribution in [-0.2, 0) is 14.8 Å². The van der Waals surface area contributed by atoms with Gasteiger partial charge in [0.05, 0.1) is 24.1 Å². The second kappa shape index (κ2) is 8.84. The van der Waals surface area contributed by atoms with E-state index >= 15 is 0 Å². The number of hydrogen-bond acceptors (Lipinski definition) is 4. The Labute approximate surface area is 171 Å². The van der Waals surface area contributed by atoms with Gasteiger partial charge in [0.25, 0.3) is 0 Å². The number of aryl methyl sites for hydroxylation is 2. The molecule has 6 nitrogen and oxygen atoms in total. The monoisotopic (exact) mass is 424 g/mol. The lowest BCUT2D eigenvalue weighted by Crippen LogP contribution is -2.47. The first kappa shape index (κ1) is 22.0. The Morgan fingerprint density at radius 2 is 1.89 bits per heavy atom. The van der Waals surface area contributed by atoms with Crippen molar-refractivity contribution in [3.05, 3.63) is 52.5 Å². The number of carbonyl (C=O) groups excluding carboxylic acids is 1. The number of nitrogens with zero attached hydrogens (tertiary/aromatic N) is 1. The van der Waals surface area contributed by atoms with E-state index in [1.54, 1.807) is 19.1 Å². The predicted octanol–water partition coefficient (Wildman–Crippen LogP) is 4.15. The van der Waals surface area contributed by atoms with Crippen LogP contribution in [0.2, 0.25) is 5.02 Å². The van der Waals surface area contributed by atoms with Crippen LogP contribution in [0, 0.1) is 13.8 Å². The summed E-state index contributed by atoms with van der Waals surface area (Å²) in [6.07, 6.45) is 1.35. The number of amides is 1. The minimum atomic E-state index is -3.75. The fourth-order valence-electron chi connectivity index (χ4n) is 2.94. The molecule has 0 bridgehead atoms. The first-order valence-electron chi connectivity index (χ1n) is 8.79. The summed E-state index contributed by atoms with van der Waals surface area (Å²) in [4.78, 5) is 13.0. The van der Waals surface area contributed by atoms with Crippen molar-refractivity contribution in [3.8, 4) is 5.75 Å². The van der Waals surface area contributed by atoms with Crippen LogP contribution in [0.15, 0.2) is 36.4 Å². The van der Waals surface area contributed by atoms with Gasteiger partial charge in [-0.15, -0.1) is 0 Å². The van der Waals surface area contributed by atoms with Crippen molar-refractivity contribution in [1.29, 1.82) is 0 Å². The normalized spacial score (nSPS) is 12.4. The smallest absolute Gasteiger partial charge is 0.248 e. The van der Waals surface area contributed by atoms with Crippen LogP contribution in [0.5, 0.6) is 5.75 Å². The minimum absolute atomic E-state index is 0.262. The van der Waals surface area contributed by atoms with Gasteiger partial charge in [-0.05, 0) is 55.7 Å². The summed E-state index contributed by atoms with van der Waals surface area (Å²) in [5.41, 5.74) is 2.85. The van der Waals surface area contributed by atoms with E-state index in [1.165, 1.54) is 13.2 Å². The molecule has 8 heteroatoms. The van der Waals surface area contributed by atoms with Crippen molar-refractivity contribution >= 4 is 38.9 Å². The minimum Gasteiger partial charge on any atom is -0.495 e. The van der Waals surface area contributed by atoms with Crippen LogP contribution in [0.4, 0.5) is 11.4 Å². The molecule has 2 aromatic carbocycles. The number of sulfonamides is 1. The molecule has 0 spiro atoms. The van der Waals surface area contributed by atoms with E-state index in [0.29, 0.717) is 17.1 Å². The molecule has 1 N–H and O–H groups in total. The van der Waals surface area contributed by atoms with Gasteiger partial charge >= 0.3 is 0 Å². The molecular weight excluding hydrogens is 400 g/mol. The average Bonchev–Trinajstić information content (AvgIpc) is 2.61. The summed E-state index contributed by atoms with van der Waals surface area (Å²) in [5, 5.41) is 3.12. The summed E-state index contributed by atoms with van der Waals surface area (Å²) in [7, 11) is -2.27. The number of ether oxygens (including phenoxy) is 1. The highest BCUT2D eigenvalue weighted by Gasteiger charge is 2.32. The molecule has 0 heterocycles. The van der Waals surface area contributed by atoms with E-state index < -0.39 is 22.0 Å². The number of methoxy groups -OCH3 is 1. The van der Waals surface area contributed by atoms with Crippen molar-refractivity contribution in [1.82, 2.24) is 0 Å². The Morgan fingerprint density at radius 3 is 2.43 bits per heavy atom. The van der Waals surface area contributed by atoms with Gasteiger partial charge in [-0.3, -0.25) is 9.10 Å². The van der Waals surface area contributed by atoms with Crippen molar-refractivity contribution < 1.29 is 17.9 Å². The Kier molecular flexibility index (Phi) is 6.96. The number of nitrogens with one attached hydrogen (secondary N) is 1. The zero-order chi connectivity index (χ0) is 21.1. The Balaban J connectivity index is 2.44. The molecule has 0 saturated carbocycles. The molecule has 1 atom stereocenters. The van der Waals surface area contributed by atoms with E-state index in [-0.39, 0.29) is 11.4 Å². The van der Waals surface area contributed by atoms with Gasteiger partial charge in [-0.2, -0.15) is 0 Å². The molecule has 0 aliphatic rings. The SMILES string of the molecule is CCC(C(=O)Nc1cc(C)ccc1C)N(c1ccc(OC)c(Cl)c1)S(C)(=O)=O. The van der Waals surface area contributed by atoms with Gasteiger partial charge in [-0.25, -0.2) is 8.42 Å². The van der Waals surface area contributed by atoms with Crippen LogP contribution in [-0.4, -0.2) is 33.7 Å². The standard InChI is InChI=1S/C20H25ClN2O4S/c1-6-18(20(24)22-17-11-13(2)7-8-14(17)3)23(28(5,25)26)15-9-10-19(27-4)16(21)12-15/h7-12,18H,6H2,1-5H3,(H,22,24). The lowest BCUT2D eigenvalue weighted by atomic mass is 10.1. The fraction of sp³-hybridized carbons (Fsp3) is 0.350. The zero-order valence-electron chi connectivity index (χ0n) is 16.6. The molecule has 0 aliphatic heterocycles. The largest absolute Gasteiger partial charge is 0.495 e. The van der Waals surface area contributed by atoms with Crippen LogP contribution < -0.4 is 14.4 Å². The maximum absolute atomic E-state index is 13.0. The highest BCUT2D eigenvalue weighted by molar-refractivity contribution is 7.92. The molecule has 0 fully saturated rings. The number of benzene rings is 2. The number of rotatable bonds is 7. The Hall–Kier alpha value is -2.25. The quantitative estimate of drug-likeness (QED) is 0.724. The number of hydrogen-bond donors (Lipinski definition) is 1. The molecule has 0 aromatic heterocycles. The van der Waals surface area contributed by atoms with Crippen LogP contribution in [0.3, 0.4) is 0 Å². The molecule has 1 unspecified atom stereocenters. The molecule has 2 aromatic rings. The van der Waals surface area contributed by atoms with Crippen molar-refractivity contribution in [2.24, 2.45) is 0 Å². The van der Waals surface area contributed by atoms with Crippen molar-refractivity contribution in [2.45, 2.75) is 33.2 Å². The summed E-state index contributed by atoms with van der Waals surface area (Å²) < 4.78 is 31.3.